The summed E-state index contributed by atoms with van der Waals surface area (Å²) in [5.74, 6) is 1.14. The van der Waals surface area contributed by atoms with Gasteiger partial charge in [-0.1, -0.05) is 0 Å². The number of nitrogens with zero attached hydrogens (tertiary/aromatic N) is 1. The molecule has 1 heterocycles. The Morgan fingerprint density at radius 2 is 2.15 bits per heavy atom. The largest absolute Gasteiger partial charge is 0.493 e. The van der Waals surface area contributed by atoms with Crippen LogP contribution in [0.4, 0.5) is 0 Å². The maximum atomic E-state index is 12.6. The van der Waals surface area contributed by atoms with Crippen molar-refractivity contribution in [3.05, 3.63) is 23.8 Å². The lowest BCUT2D eigenvalue weighted by molar-refractivity contribution is 0.0644. The predicted molar refractivity (Wildman–Crippen MR) is 76.3 cm³/mol. The van der Waals surface area contributed by atoms with E-state index >= 15 is 0 Å². The Hall–Kier alpha value is -1.79. The minimum Gasteiger partial charge on any atom is -0.493 e. The number of ether oxygens (including phenoxy) is 2. The fourth-order valence-electron chi connectivity index (χ4n) is 2.37. The number of carbonyl (C=O) groups is 1. The molecule has 1 fully saturated rings. The van der Waals surface area contributed by atoms with Crippen molar-refractivity contribution in [1.82, 2.24) is 10.2 Å². The maximum Gasteiger partial charge on any atom is 0.254 e. The smallest absolute Gasteiger partial charge is 0.254 e. The average molecular weight is 279 g/mol. The monoisotopic (exact) mass is 279 g/mol. The Kier molecular flexibility index (Phi) is 4.81. The van der Waals surface area contributed by atoms with E-state index in [-0.39, 0.29) is 11.9 Å². The molecular formula is C14H21N3O3. The molecule has 2 rings (SSSR count). The van der Waals surface area contributed by atoms with Crippen LogP contribution in [0.1, 0.15) is 10.4 Å². The van der Waals surface area contributed by atoms with E-state index in [1.165, 1.54) is 0 Å². The molecule has 1 aromatic rings. The van der Waals surface area contributed by atoms with Gasteiger partial charge in [-0.3, -0.25) is 4.79 Å². The van der Waals surface area contributed by atoms with Crippen LogP contribution in [-0.2, 0) is 0 Å². The zero-order valence-corrected chi connectivity index (χ0v) is 11.9. The number of amides is 1. The van der Waals surface area contributed by atoms with Crippen LogP contribution in [0.2, 0.25) is 0 Å². The van der Waals surface area contributed by atoms with Crippen LogP contribution in [0.3, 0.4) is 0 Å². The number of hydrogen-bond acceptors (Lipinski definition) is 5. The van der Waals surface area contributed by atoms with Gasteiger partial charge in [0.05, 0.1) is 20.3 Å². The number of nitrogens with two attached hydrogens (primary N) is 1. The van der Waals surface area contributed by atoms with Crippen LogP contribution in [0.25, 0.3) is 0 Å². The van der Waals surface area contributed by atoms with E-state index in [1.807, 2.05) is 4.90 Å². The summed E-state index contributed by atoms with van der Waals surface area (Å²) in [5, 5.41) is 3.24. The molecular weight excluding hydrogens is 258 g/mol. The Morgan fingerprint density at radius 1 is 1.40 bits per heavy atom. The van der Waals surface area contributed by atoms with Gasteiger partial charge >= 0.3 is 0 Å². The SMILES string of the molecule is COc1ccc(C(=O)N2CCNCC2CN)cc1OC. The van der Waals surface area contributed by atoms with Crippen LogP contribution in [-0.4, -0.2) is 57.2 Å². The molecule has 6 nitrogen and oxygen atoms in total. The first-order chi connectivity index (χ1) is 9.71. The van der Waals surface area contributed by atoms with Gasteiger partial charge in [-0.25, -0.2) is 0 Å². The van der Waals surface area contributed by atoms with Gasteiger partial charge in [0.2, 0.25) is 0 Å². The Balaban J connectivity index is 2.23. The molecule has 0 radical (unpaired) electrons. The summed E-state index contributed by atoms with van der Waals surface area (Å²) >= 11 is 0. The molecule has 0 aliphatic carbocycles. The van der Waals surface area contributed by atoms with E-state index < -0.39 is 0 Å². The molecule has 1 unspecified atom stereocenters. The van der Waals surface area contributed by atoms with E-state index in [4.69, 9.17) is 15.2 Å². The minimum atomic E-state index is -0.0251. The average Bonchev–Trinajstić information content (AvgIpc) is 2.53. The van der Waals surface area contributed by atoms with Crippen LogP contribution in [0.5, 0.6) is 11.5 Å². The van der Waals surface area contributed by atoms with E-state index in [1.54, 1.807) is 32.4 Å². The van der Waals surface area contributed by atoms with Gasteiger partial charge in [-0.15, -0.1) is 0 Å². The Bertz CT molecular complexity index is 479. The number of benzene rings is 1. The van der Waals surface area contributed by atoms with Gasteiger partial charge < -0.3 is 25.4 Å². The number of nitrogens with one attached hydrogen (secondary N) is 1. The zero-order valence-electron chi connectivity index (χ0n) is 11.9. The normalized spacial score (nSPS) is 18.8. The number of hydrogen-bond donors (Lipinski definition) is 2. The van der Waals surface area contributed by atoms with Crippen molar-refractivity contribution in [2.45, 2.75) is 6.04 Å². The summed E-state index contributed by atoms with van der Waals surface area (Å²) in [6.45, 7) is 2.63. The standard InChI is InChI=1S/C14H21N3O3/c1-19-12-4-3-10(7-13(12)20-2)14(18)17-6-5-16-9-11(17)8-15/h3-4,7,11,16H,5-6,8-9,15H2,1-2H3. The third kappa shape index (κ3) is 2.86. The maximum absolute atomic E-state index is 12.6. The summed E-state index contributed by atoms with van der Waals surface area (Å²) in [4.78, 5) is 14.4. The molecule has 1 atom stereocenters. The molecule has 0 aromatic heterocycles. The number of piperazine rings is 1. The molecule has 1 aromatic carbocycles. The highest BCUT2D eigenvalue weighted by atomic mass is 16.5. The van der Waals surface area contributed by atoms with Crippen molar-refractivity contribution in [2.75, 3.05) is 40.4 Å². The Labute approximate surface area is 118 Å². The lowest BCUT2D eigenvalue weighted by atomic mass is 10.1. The van der Waals surface area contributed by atoms with Crippen LogP contribution in [0, 0.1) is 0 Å². The molecule has 0 spiro atoms. The van der Waals surface area contributed by atoms with Crippen LogP contribution in [0.15, 0.2) is 18.2 Å². The van der Waals surface area contributed by atoms with Gasteiger partial charge in [0.25, 0.3) is 5.91 Å². The third-order valence-corrected chi connectivity index (χ3v) is 3.51. The van der Waals surface area contributed by atoms with Crippen molar-refractivity contribution >= 4 is 5.91 Å². The fourth-order valence-corrected chi connectivity index (χ4v) is 2.37. The molecule has 110 valence electrons. The summed E-state index contributed by atoms with van der Waals surface area (Å²) in [6.07, 6.45) is 0. The summed E-state index contributed by atoms with van der Waals surface area (Å²) in [6, 6.07) is 5.23. The zero-order chi connectivity index (χ0) is 14.5. The minimum absolute atomic E-state index is 0.0251. The third-order valence-electron chi connectivity index (χ3n) is 3.51. The van der Waals surface area contributed by atoms with Crippen molar-refractivity contribution in [1.29, 1.82) is 0 Å². The van der Waals surface area contributed by atoms with Crippen molar-refractivity contribution in [3.8, 4) is 11.5 Å². The molecule has 3 N–H and O–H groups in total. The van der Waals surface area contributed by atoms with Gasteiger partial charge in [-0.2, -0.15) is 0 Å². The summed E-state index contributed by atoms with van der Waals surface area (Å²) in [7, 11) is 3.12. The van der Waals surface area contributed by atoms with E-state index in [0.717, 1.165) is 13.1 Å². The van der Waals surface area contributed by atoms with Crippen molar-refractivity contribution in [2.24, 2.45) is 5.73 Å². The first-order valence-electron chi connectivity index (χ1n) is 6.65. The quantitative estimate of drug-likeness (QED) is 0.816. The highest BCUT2D eigenvalue weighted by Crippen LogP contribution is 2.28. The van der Waals surface area contributed by atoms with Crippen LogP contribution >= 0.6 is 0 Å². The molecule has 0 bridgehead atoms. The fraction of sp³-hybridized carbons (Fsp3) is 0.500. The molecule has 1 saturated heterocycles. The first-order valence-corrected chi connectivity index (χ1v) is 6.65. The number of carbonyl (C=O) groups excluding carboxylic acids is 1. The Morgan fingerprint density at radius 3 is 2.80 bits per heavy atom. The second-order valence-electron chi connectivity index (χ2n) is 4.66. The molecule has 1 aliphatic rings. The second kappa shape index (κ2) is 6.58. The molecule has 1 amide bonds. The number of rotatable bonds is 4. The molecule has 20 heavy (non-hydrogen) atoms. The predicted octanol–water partition coefficient (Wildman–Crippen LogP) is 0.0765. The van der Waals surface area contributed by atoms with E-state index in [0.29, 0.717) is 30.2 Å². The van der Waals surface area contributed by atoms with Crippen molar-refractivity contribution < 1.29 is 14.3 Å². The van der Waals surface area contributed by atoms with E-state index in [2.05, 4.69) is 5.32 Å². The second-order valence-corrected chi connectivity index (χ2v) is 4.66. The molecule has 1 aliphatic heterocycles. The van der Waals surface area contributed by atoms with Gasteiger partial charge in [0, 0.05) is 31.7 Å². The number of methoxy groups -OCH3 is 2. The van der Waals surface area contributed by atoms with E-state index in [9.17, 15) is 4.79 Å². The van der Waals surface area contributed by atoms with Crippen molar-refractivity contribution in [3.63, 3.8) is 0 Å². The van der Waals surface area contributed by atoms with Gasteiger partial charge in [0.15, 0.2) is 11.5 Å². The van der Waals surface area contributed by atoms with Gasteiger partial charge in [0.1, 0.15) is 0 Å². The summed E-state index contributed by atoms with van der Waals surface area (Å²) < 4.78 is 10.4. The lowest BCUT2D eigenvalue weighted by Gasteiger charge is -2.35. The topological polar surface area (TPSA) is 76.8 Å². The summed E-state index contributed by atoms with van der Waals surface area (Å²) in [5.41, 5.74) is 6.32. The highest BCUT2D eigenvalue weighted by molar-refractivity contribution is 5.95. The van der Waals surface area contributed by atoms with Crippen LogP contribution < -0.4 is 20.5 Å². The first kappa shape index (κ1) is 14.6. The molecule has 0 saturated carbocycles. The highest BCUT2D eigenvalue weighted by Gasteiger charge is 2.26. The molecule has 6 heteroatoms. The lowest BCUT2D eigenvalue weighted by Crippen LogP contribution is -2.56. The van der Waals surface area contributed by atoms with Gasteiger partial charge in [-0.05, 0) is 18.2 Å².